The Bertz CT molecular complexity index is 1290. The van der Waals surface area contributed by atoms with E-state index in [0.717, 1.165) is 36.8 Å². The smallest absolute Gasteiger partial charge is 0.410 e. The number of imide groups is 1. The van der Waals surface area contributed by atoms with Gasteiger partial charge in [0, 0.05) is 32.1 Å². The minimum atomic E-state index is -0.876. The molecule has 0 spiro atoms. The SMILES string of the molecule is CN(C(=O)OC1CCCC1)[C@H](C(=O)NCc1ccc2c(c1)CN(C1CCC(=O)NC1=O)C2=O)c1ccccc1. The van der Waals surface area contributed by atoms with Gasteiger partial charge in [0.05, 0.1) is 0 Å². The van der Waals surface area contributed by atoms with E-state index in [1.807, 2.05) is 24.3 Å². The summed E-state index contributed by atoms with van der Waals surface area (Å²) in [7, 11) is 1.57. The normalized spacial score (nSPS) is 19.9. The Morgan fingerprint density at radius 2 is 1.82 bits per heavy atom. The van der Waals surface area contributed by atoms with E-state index in [2.05, 4.69) is 10.6 Å². The fourth-order valence-electron chi connectivity index (χ4n) is 5.55. The number of rotatable bonds is 7. The van der Waals surface area contributed by atoms with Crippen molar-refractivity contribution in [2.75, 3.05) is 7.05 Å². The maximum atomic E-state index is 13.4. The van der Waals surface area contributed by atoms with Crippen LogP contribution in [0.15, 0.2) is 48.5 Å². The molecule has 1 unspecified atom stereocenters. The van der Waals surface area contributed by atoms with Crippen LogP contribution in [0.2, 0.25) is 0 Å². The number of piperidine rings is 1. The van der Waals surface area contributed by atoms with Crippen LogP contribution in [0, 0.1) is 0 Å². The highest BCUT2D eigenvalue weighted by Crippen LogP contribution is 2.29. The van der Waals surface area contributed by atoms with E-state index in [1.54, 1.807) is 31.3 Å². The van der Waals surface area contributed by atoms with Gasteiger partial charge >= 0.3 is 6.09 Å². The third-order valence-electron chi connectivity index (χ3n) is 7.66. The summed E-state index contributed by atoms with van der Waals surface area (Å²) in [5.74, 6) is -1.39. The zero-order valence-corrected chi connectivity index (χ0v) is 21.9. The predicted octanol–water partition coefficient (Wildman–Crippen LogP) is 2.82. The van der Waals surface area contributed by atoms with Crippen molar-refractivity contribution in [2.24, 2.45) is 0 Å². The molecule has 10 nitrogen and oxygen atoms in total. The first kappa shape index (κ1) is 26.4. The number of likely N-dealkylation sites (N-methyl/N-ethyl adjacent to an activating group) is 1. The summed E-state index contributed by atoms with van der Waals surface area (Å²) in [6, 6.07) is 12.8. The Kier molecular flexibility index (Phi) is 7.63. The van der Waals surface area contributed by atoms with Crippen LogP contribution in [0.5, 0.6) is 0 Å². The Hall–Kier alpha value is -4.21. The van der Waals surface area contributed by atoms with Crippen molar-refractivity contribution in [3.05, 3.63) is 70.8 Å². The van der Waals surface area contributed by atoms with E-state index in [0.29, 0.717) is 17.5 Å². The van der Waals surface area contributed by atoms with E-state index in [-0.39, 0.29) is 43.3 Å². The van der Waals surface area contributed by atoms with Crippen LogP contribution >= 0.6 is 0 Å². The molecular weight excluding hydrogens is 500 g/mol. The van der Waals surface area contributed by atoms with Crippen LogP contribution in [-0.4, -0.2) is 58.7 Å². The summed E-state index contributed by atoms with van der Waals surface area (Å²) in [6.45, 7) is 0.443. The molecule has 2 heterocycles. The van der Waals surface area contributed by atoms with E-state index in [4.69, 9.17) is 4.74 Å². The number of nitrogens with zero attached hydrogens (tertiary/aromatic N) is 2. The van der Waals surface area contributed by atoms with Crippen LogP contribution < -0.4 is 10.6 Å². The topological polar surface area (TPSA) is 125 Å². The number of fused-ring (bicyclic) bond motifs is 1. The van der Waals surface area contributed by atoms with Gasteiger partial charge in [0.1, 0.15) is 18.2 Å². The number of carbonyl (C=O) groups is 5. The predicted molar refractivity (Wildman–Crippen MR) is 140 cm³/mol. The van der Waals surface area contributed by atoms with E-state index in [9.17, 15) is 24.0 Å². The first-order valence-electron chi connectivity index (χ1n) is 13.3. The Labute approximate surface area is 226 Å². The first-order chi connectivity index (χ1) is 18.8. The molecule has 39 heavy (non-hydrogen) atoms. The van der Waals surface area contributed by atoms with Crippen molar-refractivity contribution in [1.82, 2.24) is 20.4 Å². The molecule has 5 amide bonds. The van der Waals surface area contributed by atoms with Gasteiger partial charge < -0.3 is 15.0 Å². The third kappa shape index (κ3) is 5.64. The number of amides is 5. The molecule has 204 valence electrons. The number of hydrogen-bond acceptors (Lipinski definition) is 6. The Balaban J connectivity index is 1.26. The van der Waals surface area contributed by atoms with Crippen LogP contribution in [0.1, 0.15) is 71.6 Å². The molecule has 0 aromatic heterocycles. The first-order valence-corrected chi connectivity index (χ1v) is 13.3. The largest absolute Gasteiger partial charge is 0.446 e. The van der Waals surface area contributed by atoms with Gasteiger partial charge in [-0.1, -0.05) is 42.5 Å². The van der Waals surface area contributed by atoms with E-state index in [1.165, 1.54) is 9.80 Å². The quantitative estimate of drug-likeness (QED) is 0.529. The second-order valence-corrected chi connectivity index (χ2v) is 10.3. The number of nitrogens with one attached hydrogen (secondary N) is 2. The van der Waals surface area contributed by atoms with Gasteiger partial charge in [-0.2, -0.15) is 0 Å². The molecule has 2 atom stereocenters. The number of benzene rings is 2. The molecule has 10 heteroatoms. The summed E-state index contributed by atoms with van der Waals surface area (Å²) in [6.07, 6.45) is 3.57. The van der Waals surface area contributed by atoms with Crippen molar-refractivity contribution in [2.45, 2.75) is 69.8 Å². The summed E-state index contributed by atoms with van der Waals surface area (Å²) in [5.41, 5.74) is 2.71. The fraction of sp³-hybridized carbons (Fsp3) is 0.414. The summed E-state index contributed by atoms with van der Waals surface area (Å²) in [4.78, 5) is 65.9. The molecule has 1 saturated carbocycles. The average Bonchev–Trinajstić information content (AvgIpc) is 3.55. The molecule has 3 aliphatic rings. The molecule has 2 aromatic carbocycles. The van der Waals surface area contributed by atoms with Gasteiger partial charge in [-0.05, 0) is 54.9 Å². The summed E-state index contributed by atoms with van der Waals surface area (Å²) < 4.78 is 5.65. The molecule has 2 N–H and O–H groups in total. The maximum Gasteiger partial charge on any atom is 0.410 e. The van der Waals surface area contributed by atoms with Gasteiger partial charge in [-0.3, -0.25) is 29.4 Å². The van der Waals surface area contributed by atoms with Gasteiger partial charge in [-0.25, -0.2) is 4.79 Å². The van der Waals surface area contributed by atoms with Crippen molar-refractivity contribution >= 4 is 29.7 Å². The monoisotopic (exact) mass is 532 g/mol. The van der Waals surface area contributed by atoms with Crippen molar-refractivity contribution in [1.29, 1.82) is 0 Å². The van der Waals surface area contributed by atoms with Gasteiger partial charge in [0.25, 0.3) is 5.91 Å². The highest BCUT2D eigenvalue weighted by atomic mass is 16.6. The van der Waals surface area contributed by atoms with Crippen LogP contribution in [0.25, 0.3) is 0 Å². The van der Waals surface area contributed by atoms with Gasteiger partial charge in [0.15, 0.2) is 0 Å². The minimum absolute atomic E-state index is 0.117. The van der Waals surface area contributed by atoms with E-state index >= 15 is 0 Å². The third-order valence-corrected chi connectivity index (χ3v) is 7.66. The highest BCUT2D eigenvalue weighted by molar-refractivity contribution is 6.05. The molecule has 0 bridgehead atoms. The lowest BCUT2D eigenvalue weighted by Gasteiger charge is -2.29. The average molecular weight is 533 g/mol. The minimum Gasteiger partial charge on any atom is -0.446 e. The molecule has 0 radical (unpaired) electrons. The number of ether oxygens (including phenoxy) is 1. The molecule has 5 rings (SSSR count). The fourth-order valence-corrected chi connectivity index (χ4v) is 5.55. The molecule has 1 aliphatic carbocycles. The molecule has 1 saturated heterocycles. The molecular formula is C29H32N4O6. The highest BCUT2D eigenvalue weighted by Gasteiger charge is 2.39. The van der Waals surface area contributed by atoms with Crippen molar-refractivity contribution in [3.63, 3.8) is 0 Å². The van der Waals surface area contributed by atoms with Crippen LogP contribution in [0.4, 0.5) is 4.79 Å². The second-order valence-electron chi connectivity index (χ2n) is 10.3. The summed E-state index contributed by atoms with van der Waals surface area (Å²) in [5, 5.41) is 5.23. The van der Waals surface area contributed by atoms with Crippen LogP contribution in [-0.2, 0) is 32.2 Å². The van der Waals surface area contributed by atoms with E-state index < -0.39 is 24.1 Å². The summed E-state index contributed by atoms with van der Waals surface area (Å²) >= 11 is 0. The molecule has 2 fully saturated rings. The second kappa shape index (κ2) is 11.3. The lowest BCUT2D eigenvalue weighted by Crippen LogP contribution is -2.52. The lowest BCUT2D eigenvalue weighted by atomic mass is 10.0. The molecule has 2 aromatic rings. The molecule has 2 aliphatic heterocycles. The lowest BCUT2D eigenvalue weighted by molar-refractivity contribution is -0.137. The zero-order valence-electron chi connectivity index (χ0n) is 21.9. The van der Waals surface area contributed by atoms with Gasteiger partial charge in [0.2, 0.25) is 17.7 Å². The number of hydrogen-bond donors (Lipinski definition) is 2. The Morgan fingerprint density at radius 1 is 1.08 bits per heavy atom. The standard InChI is InChI=1S/C29H32N4O6/c1-32(29(38)39-21-9-5-6-10-21)25(19-7-3-2-4-8-19)27(36)30-16-18-11-12-22-20(15-18)17-33(28(22)37)23-13-14-24(34)31-26(23)35/h2-4,7-8,11-12,15,21,23,25H,5-6,9-10,13-14,16-17H2,1H3,(H,30,36)(H,31,34,35)/t23?,25-/m0/s1. The zero-order chi connectivity index (χ0) is 27.5. The maximum absolute atomic E-state index is 13.4. The van der Waals surface area contributed by atoms with Crippen molar-refractivity contribution < 1.29 is 28.7 Å². The van der Waals surface area contributed by atoms with Crippen molar-refractivity contribution in [3.8, 4) is 0 Å². The van der Waals surface area contributed by atoms with Crippen LogP contribution in [0.3, 0.4) is 0 Å². The van der Waals surface area contributed by atoms with Gasteiger partial charge in [-0.15, -0.1) is 0 Å². The number of carbonyl (C=O) groups excluding carboxylic acids is 5. The Morgan fingerprint density at radius 3 is 2.54 bits per heavy atom.